The van der Waals surface area contributed by atoms with Crippen LogP contribution < -0.4 is 0 Å². The van der Waals surface area contributed by atoms with Crippen LogP contribution in [0.4, 0.5) is 0 Å². The molecule has 2 aromatic rings. The molecule has 0 unspecified atom stereocenters. The number of rotatable bonds is 4. The number of amides is 1. The Hall–Kier alpha value is -2.77. The number of aliphatic carboxylic acids is 1. The smallest absolute Gasteiger partial charge is 0.326 e. The zero-order valence-corrected chi connectivity index (χ0v) is 13.4. The highest BCUT2D eigenvalue weighted by atomic mass is 16.4. The topological polar surface area (TPSA) is 101 Å². The fraction of sp³-hybridized carbons (Fsp3) is 0.438. The maximum atomic E-state index is 12.5. The van der Waals surface area contributed by atoms with Gasteiger partial charge in [-0.15, -0.1) is 5.10 Å². The molecule has 1 aliphatic heterocycles. The average Bonchev–Trinajstić information content (AvgIpc) is 3.01. The van der Waals surface area contributed by atoms with Crippen LogP contribution in [-0.4, -0.2) is 54.7 Å². The van der Waals surface area contributed by atoms with E-state index in [1.54, 1.807) is 11.6 Å². The van der Waals surface area contributed by atoms with Gasteiger partial charge in [0, 0.05) is 6.54 Å². The minimum atomic E-state index is -0.924. The van der Waals surface area contributed by atoms with Crippen LogP contribution in [0.1, 0.15) is 30.7 Å². The van der Waals surface area contributed by atoms with E-state index >= 15 is 0 Å². The zero-order chi connectivity index (χ0) is 17.1. The van der Waals surface area contributed by atoms with E-state index < -0.39 is 12.0 Å². The minimum absolute atomic E-state index is 0.145. The molecule has 1 aromatic carbocycles. The van der Waals surface area contributed by atoms with E-state index in [4.69, 9.17) is 0 Å². The maximum Gasteiger partial charge on any atom is 0.326 e. The fourth-order valence-corrected chi connectivity index (χ4v) is 2.99. The number of hydrogen-bond acceptors (Lipinski definition) is 5. The van der Waals surface area contributed by atoms with Gasteiger partial charge in [0.1, 0.15) is 6.04 Å². The number of aryl methyl sites for hydroxylation is 1. The number of benzene rings is 1. The number of piperidine rings is 1. The van der Waals surface area contributed by atoms with Crippen molar-refractivity contribution >= 4 is 11.9 Å². The lowest BCUT2D eigenvalue weighted by Gasteiger charge is -2.33. The Morgan fingerprint density at radius 3 is 2.62 bits per heavy atom. The SMILES string of the molecule is Cc1nnnn1-c1ccc(CC(=O)N2CCCC[C@H]2C(=O)O)cc1. The molecule has 0 aliphatic carbocycles. The van der Waals surface area contributed by atoms with Gasteiger partial charge in [-0.1, -0.05) is 12.1 Å². The van der Waals surface area contributed by atoms with Gasteiger partial charge in [-0.2, -0.15) is 4.68 Å². The molecule has 0 saturated carbocycles. The molecule has 1 aromatic heterocycles. The molecule has 0 spiro atoms. The van der Waals surface area contributed by atoms with Crippen molar-refractivity contribution in [1.29, 1.82) is 0 Å². The third-order valence-electron chi connectivity index (χ3n) is 4.27. The number of nitrogens with zero attached hydrogens (tertiary/aromatic N) is 5. The van der Waals surface area contributed by atoms with Gasteiger partial charge in [0.05, 0.1) is 12.1 Å². The van der Waals surface area contributed by atoms with Crippen molar-refractivity contribution in [1.82, 2.24) is 25.1 Å². The van der Waals surface area contributed by atoms with E-state index in [9.17, 15) is 14.7 Å². The van der Waals surface area contributed by atoms with Gasteiger partial charge in [-0.3, -0.25) is 4.79 Å². The minimum Gasteiger partial charge on any atom is -0.480 e. The highest BCUT2D eigenvalue weighted by Crippen LogP contribution is 2.19. The number of carboxylic acids is 1. The van der Waals surface area contributed by atoms with Gasteiger partial charge in [0.25, 0.3) is 0 Å². The van der Waals surface area contributed by atoms with Crippen molar-refractivity contribution in [3.63, 3.8) is 0 Å². The molecule has 1 aliphatic rings. The predicted molar refractivity (Wildman–Crippen MR) is 84.6 cm³/mol. The van der Waals surface area contributed by atoms with Crippen molar-refractivity contribution in [3.8, 4) is 5.69 Å². The zero-order valence-electron chi connectivity index (χ0n) is 13.4. The van der Waals surface area contributed by atoms with E-state index in [-0.39, 0.29) is 12.3 Å². The van der Waals surface area contributed by atoms with Gasteiger partial charge in [0.2, 0.25) is 5.91 Å². The summed E-state index contributed by atoms with van der Waals surface area (Å²) >= 11 is 0. The highest BCUT2D eigenvalue weighted by Gasteiger charge is 2.31. The second-order valence-corrected chi connectivity index (χ2v) is 5.92. The van der Waals surface area contributed by atoms with Crippen molar-refractivity contribution in [3.05, 3.63) is 35.7 Å². The van der Waals surface area contributed by atoms with E-state index in [1.807, 2.05) is 24.3 Å². The summed E-state index contributed by atoms with van der Waals surface area (Å²) in [7, 11) is 0. The van der Waals surface area contributed by atoms with Gasteiger partial charge >= 0.3 is 5.97 Å². The third-order valence-corrected chi connectivity index (χ3v) is 4.27. The Balaban J connectivity index is 1.70. The summed E-state index contributed by atoms with van der Waals surface area (Å²) < 4.78 is 1.61. The molecule has 1 atom stereocenters. The van der Waals surface area contributed by atoms with Crippen LogP contribution in [0.3, 0.4) is 0 Å². The monoisotopic (exact) mass is 329 g/mol. The summed E-state index contributed by atoms with van der Waals surface area (Å²) in [6, 6.07) is 6.67. The van der Waals surface area contributed by atoms with E-state index in [0.29, 0.717) is 18.8 Å². The molecule has 0 radical (unpaired) electrons. The number of hydrogen-bond donors (Lipinski definition) is 1. The van der Waals surface area contributed by atoms with Crippen molar-refractivity contribution < 1.29 is 14.7 Å². The first-order chi connectivity index (χ1) is 11.6. The van der Waals surface area contributed by atoms with Crippen molar-refractivity contribution in [2.45, 2.75) is 38.6 Å². The van der Waals surface area contributed by atoms with Gasteiger partial charge in [-0.25, -0.2) is 4.79 Å². The number of tetrazole rings is 1. The van der Waals surface area contributed by atoms with Crippen LogP contribution in [0.25, 0.3) is 5.69 Å². The molecular formula is C16H19N5O3. The first kappa shape index (κ1) is 16.1. The third kappa shape index (κ3) is 3.27. The molecule has 1 N–H and O–H groups in total. The van der Waals surface area contributed by atoms with E-state index in [2.05, 4.69) is 15.5 Å². The largest absolute Gasteiger partial charge is 0.480 e. The number of likely N-dealkylation sites (tertiary alicyclic amines) is 1. The van der Waals surface area contributed by atoms with E-state index in [0.717, 1.165) is 24.1 Å². The molecule has 1 fully saturated rings. The van der Waals surface area contributed by atoms with E-state index in [1.165, 1.54) is 4.90 Å². The van der Waals surface area contributed by atoms with Crippen molar-refractivity contribution in [2.24, 2.45) is 0 Å². The highest BCUT2D eigenvalue weighted by molar-refractivity contribution is 5.85. The molecule has 0 bridgehead atoms. The van der Waals surface area contributed by atoms with Crippen LogP contribution in [0.2, 0.25) is 0 Å². The second kappa shape index (κ2) is 6.77. The Bertz CT molecular complexity index is 740. The van der Waals surface area contributed by atoms with Crippen LogP contribution in [0.15, 0.2) is 24.3 Å². The lowest BCUT2D eigenvalue weighted by atomic mass is 10.0. The molecule has 1 amide bonds. The van der Waals surface area contributed by atoms with Crippen LogP contribution >= 0.6 is 0 Å². The summed E-state index contributed by atoms with van der Waals surface area (Å²) in [4.78, 5) is 25.3. The normalized spacial score (nSPS) is 17.7. The van der Waals surface area contributed by atoms with Gasteiger partial charge in [-0.05, 0) is 54.3 Å². The van der Waals surface area contributed by atoms with Gasteiger partial charge < -0.3 is 10.0 Å². The standard InChI is InChI=1S/C16H19N5O3/c1-11-17-18-19-21(11)13-7-5-12(6-8-13)10-15(22)20-9-3-2-4-14(20)16(23)24/h5-8,14H,2-4,9-10H2,1H3,(H,23,24)/t14-/m0/s1. The Kier molecular flexibility index (Phi) is 4.54. The van der Waals surface area contributed by atoms with Crippen molar-refractivity contribution in [2.75, 3.05) is 6.54 Å². The Morgan fingerprint density at radius 2 is 2.00 bits per heavy atom. The first-order valence-electron chi connectivity index (χ1n) is 7.93. The fourth-order valence-electron chi connectivity index (χ4n) is 2.99. The molecular weight excluding hydrogens is 310 g/mol. The molecule has 126 valence electrons. The summed E-state index contributed by atoms with van der Waals surface area (Å²) in [5, 5.41) is 20.6. The molecule has 8 heteroatoms. The summed E-state index contributed by atoms with van der Waals surface area (Å²) in [5.41, 5.74) is 1.65. The second-order valence-electron chi connectivity index (χ2n) is 5.92. The molecule has 8 nitrogen and oxygen atoms in total. The lowest BCUT2D eigenvalue weighted by molar-refractivity contribution is -0.151. The molecule has 24 heavy (non-hydrogen) atoms. The van der Waals surface area contributed by atoms with Gasteiger partial charge in [0.15, 0.2) is 5.82 Å². The Labute approximate surface area is 139 Å². The number of carboxylic acid groups (broad SMARTS) is 1. The Morgan fingerprint density at radius 1 is 1.25 bits per heavy atom. The quantitative estimate of drug-likeness (QED) is 0.897. The summed E-state index contributed by atoms with van der Waals surface area (Å²) in [6.07, 6.45) is 2.42. The number of aromatic nitrogens is 4. The number of carbonyl (C=O) groups excluding carboxylic acids is 1. The van der Waals surface area contributed by atoms with Crippen LogP contribution in [0.5, 0.6) is 0 Å². The average molecular weight is 329 g/mol. The molecule has 3 rings (SSSR count). The lowest BCUT2D eigenvalue weighted by Crippen LogP contribution is -2.48. The van der Waals surface area contributed by atoms with Crippen LogP contribution in [-0.2, 0) is 16.0 Å². The predicted octanol–water partition coefficient (Wildman–Crippen LogP) is 0.979. The molecule has 1 saturated heterocycles. The summed E-state index contributed by atoms with van der Waals surface area (Å²) in [5.74, 6) is -0.391. The summed E-state index contributed by atoms with van der Waals surface area (Å²) in [6.45, 7) is 2.32. The first-order valence-corrected chi connectivity index (χ1v) is 7.93. The van der Waals surface area contributed by atoms with Crippen LogP contribution in [0, 0.1) is 6.92 Å². The number of carbonyl (C=O) groups is 2. The molecule has 2 heterocycles. The maximum absolute atomic E-state index is 12.5.